The summed E-state index contributed by atoms with van der Waals surface area (Å²) in [5.41, 5.74) is 1.83. The summed E-state index contributed by atoms with van der Waals surface area (Å²) < 4.78 is 0. The van der Waals surface area contributed by atoms with Gasteiger partial charge in [0.15, 0.2) is 0 Å². The van der Waals surface area contributed by atoms with E-state index < -0.39 is 6.04 Å². The number of amides is 4. The number of allylic oxidation sites excluding steroid dienone is 2. The third-order valence-electron chi connectivity index (χ3n) is 6.86. The number of nitrogens with zero attached hydrogens (tertiary/aromatic N) is 2. The Labute approximate surface area is 205 Å². The highest BCUT2D eigenvalue weighted by molar-refractivity contribution is 6.05. The van der Waals surface area contributed by atoms with Gasteiger partial charge in [-0.15, -0.1) is 0 Å². The van der Waals surface area contributed by atoms with Crippen molar-refractivity contribution in [3.63, 3.8) is 0 Å². The Bertz CT molecular complexity index is 1070. The second-order valence-electron chi connectivity index (χ2n) is 9.06. The summed E-state index contributed by atoms with van der Waals surface area (Å²) in [4.78, 5) is 55.0. The average Bonchev–Trinajstić information content (AvgIpc) is 3.14. The molecule has 2 aromatic carbocycles. The van der Waals surface area contributed by atoms with Crippen LogP contribution >= 0.6 is 0 Å². The summed E-state index contributed by atoms with van der Waals surface area (Å²) in [5.74, 6) is -1.56. The van der Waals surface area contributed by atoms with Crippen molar-refractivity contribution in [2.45, 2.75) is 38.3 Å². The third-order valence-corrected chi connectivity index (χ3v) is 6.86. The monoisotopic (exact) mass is 473 g/mol. The maximum atomic E-state index is 13.6. The quantitative estimate of drug-likeness (QED) is 0.448. The predicted octanol–water partition coefficient (Wildman–Crippen LogP) is 2.71. The number of fused-ring (bicyclic) bond motifs is 1. The van der Waals surface area contributed by atoms with Gasteiger partial charge in [-0.25, -0.2) is 0 Å². The molecule has 0 radical (unpaired) electrons. The van der Waals surface area contributed by atoms with Gasteiger partial charge in [-0.3, -0.25) is 24.1 Å². The number of carbonyl (C=O) groups excluding carboxylic acids is 4. The molecular weight excluding hydrogens is 442 g/mol. The Balaban J connectivity index is 1.54. The lowest BCUT2D eigenvalue weighted by atomic mass is 9.85. The molecule has 7 nitrogen and oxygen atoms in total. The van der Waals surface area contributed by atoms with Crippen molar-refractivity contribution in [1.82, 2.24) is 15.1 Å². The van der Waals surface area contributed by atoms with Crippen LogP contribution in [0.25, 0.3) is 0 Å². The Kier molecular flexibility index (Phi) is 7.75. The number of likely N-dealkylation sites (N-methyl/N-ethyl adjacent to an activating group) is 1. The van der Waals surface area contributed by atoms with Crippen molar-refractivity contribution in [2.24, 2.45) is 11.8 Å². The molecule has 3 atom stereocenters. The van der Waals surface area contributed by atoms with Crippen LogP contribution in [0, 0.1) is 11.8 Å². The number of hydrogen-bond donors (Lipinski definition) is 1. The fourth-order valence-corrected chi connectivity index (χ4v) is 4.94. The second kappa shape index (κ2) is 11.1. The third kappa shape index (κ3) is 5.50. The molecule has 4 amide bonds. The molecule has 1 fully saturated rings. The van der Waals surface area contributed by atoms with E-state index in [-0.39, 0.29) is 55.0 Å². The molecule has 1 aliphatic heterocycles. The molecule has 2 aliphatic rings. The molecule has 2 aromatic rings. The van der Waals surface area contributed by atoms with Gasteiger partial charge in [0.1, 0.15) is 6.04 Å². The van der Waals surface area contributed by atoms with Crippen molar-refractivity contribution >= 4 is 23.6 Å². The van der Waals surface area contributed by atoms with Crippen molar-refractivity contribution in [2.75, 3.05) is 13.6 Å². The zero-order valence-electron chi connectivity index (χ0n) is 19.9. The van der Waals surface area contributed by atoms with Crippen LogP contribution in [0.5, 0.6) is 0 Å². The van der Waals surface area contributed by atoms with E-state index in [4.69, 9.17) is 0 Å². The van der Waals surface area contributed by atoms with E-state index in [1.807, 2.05) is 72.8 Å². The lowest BCUT2D eigenvalue weighted by Crippen LogP contribution is -2.50. The Morgan fingerprint density at radius 1 is 0.914 bits per heavy atom. The molecule has 1 unspecified atom stereocenters. The lowest BCUT2D eigenvalue weighted by Gasteiger charge is -2.31. The Morgan fingerprint density at radius 3 is 2.00 bits per heavy atom. The van der Waals surface area contributed by atoms with Gasteiger partial charge in [0, 0.05) is 33.0 Å². The van der Waals surface area contributed by atoms with Gasteiger partial charge in [0.25, 0.3) is 0 Å². The van der Waals surface area contributed by atoms with Crippen LogP contribution in [-0.2, 0) is 32.1 Å². The molecule has 1 N–H and O–H groups in total. The van der Waals surface area contributed by atoms with Gasteiger partial charge in [0.05, 0.1) is 11.8 Å². The maximum Gasteiger partial charge on any atom is 0.242 e. The summed E-state index contributed by atoms with van der Waals surface area (Å²) in [5, 5.41) is 2.69. The van der Waals surface area contributed by atoms with E-state index in [0.717, 1.165) is 11.1 Å². The summed E-state index contributed by atoms with van der Waals surface area (Å²) in [6.07, 6.45) is 5.35. The Morgan fingerprint density at radius 2 is 1.46 bits per heavy atom. The molecule has 1 heterocycles. The molecule has 182 valence electrons. The molecule has 35 heavy (non-hydrogen) atoms. The van der Waals surface area contributed by atoms with Crippen LogP contribution in [0.1, 0.15) is 30.4 Å². The molecule has 1 aliphatic carbocycles. The van der Waals surface area contributed by atoms with Crippen LogP contribution in [0.3, 0.4) is 0 Å². The molecule has 7 heteroatoms. The highest BCUT2D eigenvalue weighted by Gasteiger charge is 2.47. The summed E-state index contributed by atoms with van der Waals surface area (Å²) >= 11 is 0. The number of likely N-dealkylation sites (tertiary alicyclic amines) is 1. The molecule has 4 rings (SSSR count). The van der Waals surface area contributed by atoms with Crippen LogP contribution in [0.15, 0.2) is 72.8 Å². The molecule has 0 aromatic heterocycles. The van der Waals surface area contributed by atoms with Crippen LogP contribution in [0.4, 0.5) is 0 Å². The summed E-state index contributed by atoms with van der Waals surface area (Å²) in [6.45, 7) is 0.280. The predicted molar refractivity (Wildman–Crippen MR) is 132 cm³/mol. The van der Waals surface area contributed by atoms with Gasteiger partial charge in [-0.2, -0.15) is 0 Å². The SMILES string of the molecule is CNC(=O)C(Cc1ccccc1)N(Cc1ccccc1)C(=O)CCN1C(=O)[C@H]2CC=CC[C@H]2C1=O. The minimum absolute atomic E-state index is 0.0283. The molecule has 1 saturated heterocycles. The minimum Gasteiger partial charge on any atom is -0.357 e. The van der Waals surface area contributed by atoms with Crippen LogP contribution in [-0.4, -0.2) is 53.1 Å². The minimum atomic E-state index is -0.730. The first-order valence-corrected chi connectivity index (χ1v) is 12.1. The van der Waals surface area contributed by atoms with E-state index in [2.05, 4.69) is 5.32 Å². The van der Waals surface area contributed by atoms with Gasteiger partial charge in [-0.05, 0) is 24.0 Å². The maximum absolute atomic E-state index is 13.6. The Hall–Kier alpha value is -3.74. The normalized spacial score (nSPS) is 19.9. The first-order chi connectivity index (χ1) is 17.0. The van der Waals surface area contributed by atoms with Gasteiger partial charge < -0.3 is 10.2 Å². The molecule has 0 saturated carbocycles. The first-order valence-electron chi connectivity index (χ1n) is 12.1. The van der Waals surface area contributed by atoms with Gasteiger partial charge in [-0.1, -0.05) is 72.8 Å². The van der Waals surface area contributed by atoms with Crippen LogP contribution < -0.4 is 5.32 Å². The van der Waals surface area contributed by atoms with Gasteiger partial charge in [0.2, 0.25) is 23.6 Å². The van der Waals surface area contributed by atoms with E-state index in [9.17, 15) is 19.2 Å². The average molecular weight is 474 g/mol. The summed E-state index contributed by atoms with van der Waals surface area (Å²) in [7, 11) is 1.56. The second-order valence-corrected chi connectivity index (χ2v) is 9.06. The van der Waals surface area contributed by atoms with E-state index in [0.29, 0.717) is 19.3 Å². The van der Waals surface area contributed by atoms with E-state index in [1.165, 1.54) is 4.90 Å². The smallest absolute Gasteiger partial charge is 0.242 e. The fourth-order valence-electron chi connectivity index (χ4n) is 4.94. The number of imide groups is 1. The fraction of sp³-hybridized carbons (Fsp3) is 0.357. The van der Waals surface area contributed by atoms with E-state index in [1.54, 1.807) is 11.9 Å². The topological polar surface area (TPSA) is 86.8 Å². The zero-order valence-corrected chi connectivity index (χ0v) is 19.9. The molecule has 0 spiro atoms. The highest BCUT2D eigenvalue weighted by atomic mass is 16.2. The highest BCUT2D eigenvalue weighted by Crippen LogP contribution is 2.35. The first kappa shape index (κ1) is 24.4. The van der Waals surface area contributed by atoms with Crippen LogP contribution in [0.2, 0.25) is 0 Å². The van der Waals surface area contributed by atoms with Crippen molar-refractivity contribution in [3.8, 4) is 0 Å². The number of hydrogen-bond acceptors (Lipinski definition) is 4. The van der Waals surface area contributed by atoms with E-state index >= 15 is 0 Å². The van der Waals surface area contributed by atoms with Crippen molar-refractivity contribution < 1.29 is 19.2 Å². The summed E-state index contributed by atoms with van der Waals surface area (Å²) in [6, 6.07) is 18.3. The standard InChI is InChI=1S/C28H31N3O4/c1-29-26(33)24(18-20-10-4-2-5-11-20)31(19-21-12-6-3-7-13-21)25(32)16-17-30-27(34)22-14-8-9-15-23(22)28(30)35/h2-13,22-24H,14-19H2,1H3,(H,29,33)/t22-,23+,24?. The molecule has 0 bridgehead atoms. The number of carbonyl (C=O) groups is 4. The lowest BCUT2D eigenvalue weighted by molar-refractivity contribution is -0.144. The van der Waals surface area contributed by atoms with Gasteiger partial charge >= 0.3 is 0 Å². The zero-order chi connectivity index (χ0) is 24.8. The number of rotatable bonds is 9. The molecular formula is C28H31N3O4. The largest absolute Gasteiger partial charge is 0.357 e. The van der Waals surface area contributed by atoms with Crippen molar-refractivity contribution in [3.05, 3.63) is 83.9 Å². The number of nitrogens with one attached hydrogen (secondary N) is 1. The number of benzene rings is 2. The van der Waals surface area contributed by atoms with Crippen molar-refractivity contribution in [1.29, 1.82) is 0 Å².